The summed E-state index contributed by atoms with van der Waals surface area (Å²) in [5.74, 6) is 0. The lowest BCUT2D eigenvalue weighted by Gasteiger charge is -2.05. The fourth-order valence-corrected chi connectivity index (χ4v) is 2.66. The zero-order valence-corrected chi connectivity index (χ0v) is 13.2. The molecular formula is C16H12N6OS. The van der Waals surface area contributed by atoms with E-state index in [2.05, 4.69) is 31.9 Å². The maximum Gasteiger partial charge on any atom is 0.321 e. The number of hydrogen-bond donors (Lipinski definition) is 2. The molecule has 2 amide bonds. The number of benzene rings is 1. The summed E-state index contributed by atoms with van der Waals surface area (Å²) in [6, 6.07) is 14.2. The van der Waals surface area contributed by atoms with Crippen molar-refractivity contribution in [3.63, 3.8) is 0 Å². The van der Waals surface area contributed by atoms with Crippen LogP contribution < -0.4 is 10.6 Å². The van der Waals surface area contributed by atoms with E-state index in [9.17, 15) is 4.79 Å². The van der Waals surface area contributed by atoms with Gasteiger partial charge in [-0.2, -0.15) is 5.26 Å². The maximum absolute atomic E-state index is 11.9. The fraction of sp³-hybridized carbons (Fsp3) is 0.0625. The Kier molecular flexibility index (Phi) is 4.74. The van der Waals surface area contributed by atoms with Crippen molar-refractivity contribution in [1.29, 1.82) is 5.26 Å². The molecule has 8 heteroatoms. The highest BCUT2D eigenvalue weighted by Gasteiger charge is 2.10. The van der Waals surface area contributed by atoms with Gasteiger partial charge < -0.3 is 5.32 Å². The van der Waals surface area contributed by atoms with Crippen molar-refractivity contribution in [3.8, 4) is 16.8 Å². The molecule has 2 N–H and O–H groups in total. The highest BCUT2D eigenvalue weighted by Crippen LogP contribution is 2.24. The summed E-state index contributed by atoms with van der Waals surface area (Å²) in [4.78, 5) is 16.1. The van der Waals surface area contributed by atoms with E-state index in [1.165, 1.54) is 11.3 Å². The molecule has 0 aliphatic heterocycles. The summed E-state index contributed by atoms with van der Waals surface area (Å²) in [5.41, 5.74) is 2.10. The van der Waals surface area contributed by atoms with E-state index < -0.39 is 0 Å². The van der Waals surface area contributed by atoms with Crippen LogP contribution in [0.2, 0.25) is 0 Å². The first kappa shape index (κ1) is 15.6. The topological polar surface area (TPSA) is 104 Å². The predicted octanol–water partition coefficient (Wildman–Crippen LogP) is 2.79. The minimum atomic E-state index is -0.388. The molecule has 1 aromatic carbocycles. The molecule has 0 unspecified atom stereocenters. The fourth-order valence-electron chi connectivity index (χ4n) is 1.94. The summed E-state index contributed by atoms with van der Waals surface area (Å²) >= 11 is 1.24. The highest BCUT2D eigenvalue weighted by molar-refractivity contribution is 7.18. The Morgan fingerprint density at radius 3 is 2.92 bits per heavy atom. The second kappa shape index (κ2) is 7.30. The number of carbonyl (C=O) groups excluding carboxylic acids is 1. The number of nitrogens with one attached hydrogen (secondary N) is 2. The van der Waals surface area contributed by atoms with Gasteiger partial charge in [-0.15, -0.1) is 10.2 Å². The molecule has 7 nitrogen and oxygen atoms in total. The van der Waals surface area contributed by atoms with Crippen LogP contribution in [-0.2, 0) is 6.54 Å². The standard InChI is InChI=1S/C16H12N6OS/c17-9-11-4-3-5-12(8-11)10-19-15(23)20-16-22-21-14(24-16)13-6-1-2-7-18-13/h1-8H,10H2,(H2,19,20,22,23). The van der Waals surface area contributed by atoms with E-state index in [0.717, 1.165) is 5.56 Å². The molecule has 118 valence electrons. The zero-order valence-electron chi connectivity index (χ0n) is 12.4. The lowest BCUT2D eigenvalue weighted by atomic mass is 10.1. The lowest BCUT2D eigenvalue weighted by Crippen LogP contribution is -2.28. The van der Waals surface area contributed by atoms with Gasteiger partial charge in [0.1, 0.15) is 5.69 Å². The first-order valence-corrected chi connectivity index (χ1v) is 7.85. The summed E-state index contributed by atoms with van der Waals surface area (Å²) < 4.78 is 0. The van der Waals surface area contributed by atoms with Gasteiger partial charge >= 0.3 is 6.03 Å². The van der Waals surface area contributed by atoms with Crippen molar-refractivity contribution >= 4 is 22.5 Å². The molecule has 2 heterocycles. The van der Waals surface area contributed by atoms with Gasteiger partial charge in [0, 0.05) is 12.7 Å². The zero-order chi connectivity index (χ0) is 16.8. The third-order valence-electron chi connectivity index (χ3n) is 3.04. The smallest absolute Gasteiger partial charge is 0.321 e. The molecule has 0 atom stereocenters. The first-order chi connectivity index (χ1) is 11.7. The molecule has 0 bridgehead atoms. The molecule has 3 rings (SSSR count). The third-order valence-corrected chi connectivity index (χ3v) is 3.90. The number of aromatic nitrogens is 3. The lowest BCUT2D eigenvalue weighted by molar-refractivity contribution is 0.251. The van der Waals surface area contributed by atoms with Crippen molar-refractivity contribution < 1.29 is 4.79 Å². The second-order valence-electron chi connectivity index (χ2n) is 4.75. The van der Waals surface area contributed by atoms with E-state index in [4.69, 9.17) is 5.26 Å². The minimum Gasteiger partial charge on any atom is -0.334 e. The molecule has 24 heavy (non-hydrogen) atoms. The first-order valence-electron chi connectivity index (χ1n) is 7.03. The Bertz CT molecular complexity index is 887. The SMILES string of the molecule is N#Cc1cccc(CNC(=O)Nc2nnc(-c3ccccn3)s2)c1. The molecule has 0 aliphatic rings. The number of rotatable bonds is 4. The van der Waals surface area contributed by atoms with Gasteiger partial charge in [-0.05, 0) is 29.8 Å². The van der Waals surface area contributed by atoms with Crippen LogP contribution in [0.25, 0.3) is 10.7 Å². The van der Waals surface area contributed by atoms with Gasteiger partial charge in [0.15, 0.2) is 5.01 Å². The average Bonchev–Trinajstić information content (AvgIpc) is 3.09. The van der Waals surface area contributed by atoms with Crippen molar-refractivity contribution in [3.05, 3.63) is 59.8 Å². The second-order valence-corrected chi connectivity index (χ2v) is 5.72. The molecule has 0 saturated heterocycles. The Balaban J connectivity index is 1.57. The summed E-state index contributed by atoms with van der Waals surface area (Å²) in [5, 5.41) is 23.2. The van der Waals surface area contributed by atoms with E-state index in [1.54, 1.807) is 24.4 Å². The average molecular weight is 336 g/mol. The van der Waals surface area contributed by atoms with Gasteiger partial charge in [0.2, 0.25) is 5.13 Å². The van der Waals surface area contributed by atoms with Gasteiger partial charge in [0.05, 0.1) is 11.6 Å². The van der Waals surface area contributed by atoms with Crippen molar-refractivity contribution in [2.45, 2.75) is 6.54 Å². The van der Waals surface area contributed by atoms with Crippen LogP contribution in [0.3, 0.4) is 0 Å². The van der Waals surface area contributed by atoms with Crippen LogP contribution >= 0.6 is 11.3 Å². The number of nitrogens with zero attached hydrogens (tertiary/aromatic N) is 4. The molecule has 2 aromatic heterocycles. The van der Waals surface area contributed by atoms with E-state index in [-0.39, 0.29) is 6.03 Å². The van der Waals surface area contributed by atoms with Crippen LogP contribution in [0.1, 0.15) is 11.1 Å². The van der Waals surface area contributed by atoms with Gasteiger partial charge in [-0.3, -0.25) is 10.3 Å². The Morgan fingerprint density at radius 1 is 1.21 bits per heavy atom. The predicted molar refractivity (Wildman–Crippen MR) is 90.2 cm³/mol. The molecule has 0 saturated carbocycles. The Labute approximate surface area is 142 Å². The molecule has 3 aromatic rings. The van der Waals surface area contributed by atoms with E-state index in [1.807, 2.05) is 24.3 Å². The van der Waals surface area contributed by atoms with Crippen molar-refractivity contribution in [2.24, 2.45) is 0 Å². The van der Waals surface area contributed by atoms with Crippen molar-refractivity contribution in [1.82, 2.24) is 20.5 Å². The van der Waals surface area contributed by atoms with Crippen LogP contribution in [0.15, 0.2) is 48.7 Å². The third kappa shape index (κ3) is 3.91. The Hall–Kier alpha value is -3.31. The van der Waals surface area contributed by atoms with Gasteiger partial charge in [-0.25, -0.2) is 4.79 Å². The van der Waals surface area contributed by atoms with Crippen LogP contribution in [0.4, 0.5) is 9.93 Å². The normalized spacial score (nSPS) is 9.96. The number of hydrogen-bond acceptors (Lipinski definition) is 6. The quantitative estimate of drug-likeness (QED) is 0.762. The number of nitriles is 1. The number of pyridine rings is 1. The van der Waals surface area contributed by atoms with E-state index in [0.29, 0.717) is 27.9 Å². The Morgan fingerprint density at radius 2 is 2.12 bits per heavy atom. The number of urea groups is 1. The number of carbonyl (C=O) groups is 1. The van der Waals surface area contributed by atoms with Crippen molar-refractivity contribution in [2.75, 3.05) is 5.32 Å². The largest absolute Gasteiger partial charge is 0.334 e. The monoisotopic (exact) mass is 336 g/mol. The molecule has 0 spiro atoms. The van der Waals surface area contributed by atoms with Crippen LogP contribution in [0.5, 0.6) is 0 Å². The molecule has 0 radical (unpaired) electrons. The van der Waals surface area contributed by atoms with E-state index >= 15 is 0 Å². The van der Waals surface area contributed by atoms with Gasteiger partial charge in [-0.1, -0.05) is 29.5 Å². The van der Waals surface area contributed by atoms with Crippen LogP contribution in [-0.4, -0.2) is 21.2 Å². The van der Waals surface area contributed by atoms with Gasteiger partial charge in [0.25, 0.3) is 0 Å². The summed E-state index contributed by atoms with van der Waals surface area (Å²) in [6.45, 7) is 0.313. The molecule has 0 fully saturated rings. The highest BCUT2D eigenvalue weighted by atomic mass is 32.1. The minimum absolute atomic E-state index is 0.313. The van der Waals surface area contributed by atoms with Crippen LogP contribution in [0, 0.1) is 11.3 Å². The number of amides is 2. The molecular weight excluding hydrogens is 324 g/mol. The molecule has 0 aliphatic carbocycles. The summed E-state index contributed by atoms with van der Waals surface area (Å²) in [6.07, 6.45) is 1.67. The summed E-state index contributed by atoms with van der Waals surface area (Å²) in [7, 11) is 0. The maximum atomic E-state index is 11.9. The number of anilines is 1.